The lowest BCUT2D eigenvalue weighted by Gasteiger charge is -2.31. The van der Waals surface area contributed by atoms with Crippen LogP contribution in [0.1, 0.15) is 43.5 Å². The Balaban J connectivity index is 1.93. The van der Waals surface area contributed by atoms with E-state index in [1.54, 1.807) is 0 Å². The third-order valence-electron chi connectivity index (χ3n) is 3.90. The van der Waals surface area contributed by atoms with E-state index in [1.807, 2.05) is 0 Å². The van der Waals surface area contributed by atoms with Crippen molar-refractivity contribution >= 4 is 5.97 Å². The molecule has 2 nitrogen and oxygen atoms in total. The highest BCUT2D eigenvalue weighted by atomic mass is 19.1. The number of ether oxygens (including phenoxy) is 1. The first-order valence-electron chi connectivity index (χ1n) is 6.53. The molecular weight excluding hydrogens is 231 g/mol. The van der Waals surface area contributed by atoms with Crippen LogP contribution in [0, 0.1) is 17.7 Å². The van der Waals surface area contributed by atoms with Crippen molar-refractivity contribution in [3.05, 3.63) is 35.6 Å². The van der Waals surface area contributed by atoms with Crippen LogP contribution in [0.3, 0.4) is 0 Å². The van der Waals surface area contributed by atoms with Crippen molar-refractivity contribution in [2.45, 2.75) is 39.2 Å². The summed E-state index contributed by atoms with van der Waals surface area (Å²) in [4.78, 5) is 11.9. The molecule has 0 saturated heterocycles. The van der Waals surface area contributed by atoms with Gasteiger partial charge in [-0.15, -0.1) is 0 Å². The van der Waals surface area contributed by atoms with Crippen LogP contribution in [0.4, 0.5) is 4.39 Å². The van der Waals surface area contributed by atoms with E-state index in [-0.39, 0.29) is 17.9 Å². The minimum Gasteiger partial charge on any atom is -0.459 e. The lowest BCUT2D eigenvalue weighted by atomic mass is 9.80. The molecule has 0 heterocycles. The van der Waals surface area contributed by atoms with Crippen molar-refractivity contribution in [2.75, 3.05) is 0 Å². The molecule has 0 N–H and O–H groups in total. The van der Waals surface area contributed by atoms with Gasteiger partial charge in [0.1, 0.15) is 11.9 Å². The van der Waals surface area contributed by atoms with E-state index in [4.69, 9.17) is 4.74 Å². The molecule has 0 amide bonds. The van der Waals surface area contributed by atoms with Gasteiger partial charge < -0.3 is 4.74 Å². The first kappa shape index (κ1) is 13.1. The first-order chi connectivity index (χ1) is 8.56. The Morgan fingerprint density at radius 1 is 1.17 bits per heavy atom. The van der Waals surface area contributed by atoms with Crippen LogP contribution in [-0.4, -0.2) is 12.1 Å². The molecule has 1 aliphatic carbocycles. The average Bonchev–Trinajstić information content (AvgIpc) is 2.34. The van der Waals surface area contributed by atoms with E-state index in [0.29, 0.717) is 17.4 Å². The van der Waals surface area contributed by atoms with Crippen molar-refractivity contribution < 1.29 is 13.9 Å². The molecule has 3 heteroatoms. The van der Waals surface area contributed by atoms with Gasteiger partial charge in [0.15, 0.2) is 0 Å². The van der Waals surface area contributed by atoms with Crippen LogP contribution in [0.25, 0.3) is 0 Å². The summed E-state index contributed by atoms with van der Waals surface area (Å²) >= 11 is 0. The minimum atomic E-state index is -0.346. The molecule has 0 aromatic heterocycles. The van der Waals surface area contributed by atoms with Crippen LogP contribution in [0.15, 0.2) is 24.3 Å². The maximum absolute atomic E-state index is 12.8. The fourth-order valence-corrected chi connectivity index (χ4v) is 2.41. The summed E-state index contributed by atoms with van der Waals surface area (Å²) in [6, 6.07) is 5.49. The molecule has 1 aromatic rings. The lowest BCUT2D eigenvalue weighted by Crippen LogP contribution is -2.28. The van der Waals surface area contributed by atoms with Crippen LogP contribution in [0.2, 0.25) is 0 Å². The summed E-state index contributed by atoms with van der Waals surface area (Å²) in [6.07, 6.45) is 2.96. The number of hydrogen-bond donors (Lipinski definition) is 0. The predicted molar refractivity (Wildman–Crippen MR) is 67.8 cm³/mol. The standard InChI is InChI=1S/C15H19FO2/c1-10-3-8-14(9-11(10)2)18-15(17)12-4-6-13(16)7-5-12/h4-7,10-11,14H,3,8-9H2,1-2H3. The summed E-state index contributed by atoms with van der Waals surface area (Å²) in [5, 5.41) is 0. The topological polar surface area (TPSA) is 26.3 Å². The van der Waals surface area contributed by atoms with Crippen LogP contribution >= 0.6 is 0 Å². The molecule has 1 saturated carbocycles. The van der Waals surface area contributed by atoms with E-state index >= 15 is 0 Å². The zero-order chi connectivity index (χ0) is 13.1. The highest BCUT2D eigenvalue weighted by Crippen LogP contribution is 2.31. The number of hydrogen-bond acceptors (Lipinski definition) is 2. The maximum Gasteiger partial charge on any atom is 0.338 e. The van der Waals surface area contributed by atoms with E-state index in [1.165, 1.54) is 24.3 Å². The molecule has 0 radical (unpaired) electrons. The highest BCUT2D eigenvalue weighted by Gasteiger charge is 2.27. The monoisotopic (exact) mass is 250 g/mol. The molecule has 0 spiro atoms. The van der Waals surface area contributed by atoms with Crippen LogP contribution < -0.4 is 0 Å². The number of rotatable bonds is 2. The quantitative estimate of drug-likeness (QED) is 0.746. The second-order valence-electron chi connectivity index (χ2n) is 5.30. The molecular formula is C15H19FO2. The van der Waals surface area contributed by atoms with E-state index in [2.05, 4.69) is 13.8 Å². The summed E-state index contributed by atoms with van der Waals surface area (Å²) in [7, 11) is 0. The first-order valence-corrected chi connectivity index (χ1v) is 6.53. The molecule has 98 valence electrons. The van der Waals surface area contributed by atoms with Crippen molar-refractivity contribution in [1.82, 2.24) is 0 Å². The van der Waals surface area contributed by atoms with Gasteiger partial charge in [0.25, 0.3) is 0 Å². The number of carbonyl (C=O) groups excluding carboxylic acids is 1. The number of halogens is 1. The van der Waals surface area contributed by atoms with Gasteiger partial charge in [-0.1, -0.05) is 13.8 Å². The number of carbonyl (C=O) groups is 1. The Labute approximate surface area is 107 Å². The molecule has 2 rings (SSSR count). The Bertz CT molecular complexity index is 413. The van der Waals surface area contributed by atoms with Crippen LogP contribution in [-0.2, 0) is 4.74 Å². The van der Waals surface area contributed by atoms with Crippen molar-refractivity contribution in [1.29, 1.82) is 0 Å². The zero-order valence-corrected chi connectivity index (χ0v) is 10.9. The fraction of sp³-hybridized carbons (Fsp3) is 0.533. The summed E-state index contributed by atoms with van der Waals surface area (Å²) < 4.78 is 18.2. The molecule has 3 unspecified atom stereocenters. The van der Waals surface area contributed by atoms with E-state index < -0.39 is 0 Å². The van der Waals surface area contributed by atoms with E-state index in [9.17, 15) is 9.18 Å². The average molecular weight is 250 g/mol. The second kappa shape index (κ2) is 5.51. The maximum atomic E-state index is 12.8. The predicted octanol–water partition coefficient (Wildman–Crippen LogP) is 3.81. The Kier molecular flexibility index (Phi) is 4.00. The molecule has 1 aliphatic rings. The highest BCUT2D eigenvalue weighted by molar-refractivity contribution is 5.89. The van der Waals surface area contributed by atoms with Gasteiger partial charge in [0.05, 0.1) is 5.56 Å². The normalized spacial score (nSPS) is 27.8. The molecule has 18 heavy (non-hydrogen) atoms. The number of esters is 1. The largest absolute Gasteiger partial charge is 0.459 e. The summed E-state index contributed by atoms with van der Waals surface area (Å²) in [5.41, 5.74) is 0.419. The minimum absolute atomic E-state index is 0.00810. The Morgan fingerprint density at radius 2 is 1.83 bits per heavy atom. The van der Waals surface area contributed by atoms with Gasteiger partial charge in [-0.2, -0.15) is 0 Å². The van der Waals surface area contributed by atoms with Gasteiger partial charge in [-0.25, -0.2) is 9.18 Å². The third-order valence-corrected chi connectivity index (χ3v) is 3.90. The molecule has 1 aromatic carbocycles. The Morgan fingerprint density at radius 3 is 2.44 bits per heavy atom. The number of benzene rings is 1. The second-order valence-corrected chi connectivity index (χ2v) is 5.30. The van der Waals surface area contributed by atoms with Crippen molar-refractivity contribution in [3.8, 4) is 0 Å². The lowest BCUT2D eigenvalue weighted by molar-refractivity contribution is 0.00878. The molecule has 3 atom stereocenters. The summed E-state index contributed by atoms with van der Waals surface area (Å²) in [5.74, 6) is 0.601. The van der Waals surface area contributed by atoms with Gasteiger partial charge in [0, 0.05) is 0 Å². The smallest absolute Gasteiger partial charge is 0.338 e. The third kappa shape index (κ3) is 3.09. The van der Waals surface area contributed by atoms with Gasteiger partial charge in [-0.05, 0) is 55.4 Å². The summed E-state index contributed by atoms with van der Waals surface area (Å²) in [6.45, 7) is 4.44. The molecule has 0 aliphatic heterocycles. The van der Waals surface area contributed by atoms with E-state index in [0.717, 1.165) is 19.3 Å². The fourth-order valence-electron chi connectivity index (χ4n) is 2.41. The van der Waals surface area contributed by atoms with Crippen molar-refractivity contribution in [3.63, 3.8) is 0 Å². The van der Waals surface area contributed by atoms with Crippen LogP contribution in [0.5, 0.6) is 0 Å². The van der Waals surface area contributed by atoms with Gasteiger partial charge in [0.2, 0.25) is 0 Å². The zero-order valence-electron chi connectivity index (χ0n) is 10.9. The van der Waals surface area contributed by atoms with Gasteiger partial charge >= 0.3 is 5.97 Å². The Hall–Kier alpha value is -1.38. The SMILES string of the molecule is CC1CCC(OC(=O)c2ccc(F)cc2)CC1C. The van der Waals surface area contributed by atoms with Gasteiger partial charge in [-0.3, -0.25) is 0 Å². The van der Waals surface area contributed by atoms with Crippen molar-refractivity contribution in [2.24, 2.45) is 11.8 Å². The molecule has 1 fully saturated rings. The molecule has 0 bridgehead atoms.